The van der Waals surface area contributed by atoms with E-state index >= 15 is 0 Å². The number of methoxy groups -OCH3 is 1. The van der Waals surface area contributed by atoms with Crippen molar-refractivity contribution in [3.8, 4) is 0 Å². The van der Waals surface area contributed by atoms with Gasteiger partial charge >= 0.3 is 5.97 Å². The van der Waals surface area contributed by atoms with Gasteiger partial charge in [0.05, 0.1) is 18.6 Å². The Hall–Kier alpha value is -0.900. The predicted octanol–water partition coefficient (Wildman–Crippen LogP) is 0.934. The normalized spacial score (nSPS) is 29.7. The van der Waals surface area contributed by atoms with Crippen LogP contribution in [0, 0.1) is 5.92 Å². The van der Waals surface area contributed by atoms with Gasteiger partial charge in [0.15, 0.2) is 0 Å². The van der Waals surface area contributed by atoms with E-state index in [-0.39, 0.29) is 11.9 Å². The fourth-order valence-electron chi connectivity index (χ4n) is 1.83. The summed E-state index contributed by atoms with van der Waals surface area (Å²) in [5.41, 5.74) is -0.414. The molecule has 80 valence electrons. The highest BCUT2D eigenvalue weighted by atomic mass is 16.5. The zero-order valence-corrected chi connectivity index (χ0v) is 8.62. The van der Waals surface area contributed by atoms with Crippen molar-refractivity contribution in [1.29, 1.82) is 0 Å². The second-order valence-corrected chi connectivity index (χ2v) is 3.48. The molecule has 1 aliphatic carbocycles. The zero-order chi connectivity index (χ0) is 10.6. The molecule has 0 radical (unpaired) electrons. The molecule has 0 N–H and O–H groups in total. The largest absolute Gasteiger partial charge is 0.469 e. The Balaban J connectivity index is 2.51. The van der Waals surface area contributed by atoms with E-state index in [0.717, 1.165) is 6.29 Å². The van der Waals surface area contributed by atoms with Gasteiger partial charge in [0, 0.05) is 13.0 Å². The fraction of sp³-hybridized carbons (Fsp3) is 0.800. The molecule has 4 heteroatoms. The van der Waals surface area contributed by atoms with Crippen LogP contribution in [0.4, 0.5) is 0 Å². The number of aldehydes is 1. The van der Waals surface area contributed by atoms with Gasteiger partial charge in [-0.2, -0.15) is 0 Å². The Morgan fingerprint density at radius 3 is 2.86 bits per heavy atom. The Morgan fingerprint density at radius 2 is 2.36 bits per heavy atom. The van der Waals surface area contributed by atoms with Gasteiger partial charge in [0.1, 0.15) is 6.29 Å². The van der Waals surface area contributed by atoms with Crippen molar-refractivity contribution in [3.63, 3.8) is 0 Å². The van der Waals surface area contributed by atoms with Crippen LogP contribution in [0.3, 0.4) is 0 Å². The van der Waals surface area contributed by atoms with E-state index in [9.17, 15) is 9.59 Å². The Kier molecular flexibility index (Phi) is 3.63. The van der Waals surface area contributed by atoms with Crippen molar-refractivity contribution in [2.24, 2.45) is 5.92 Å². The third kappa shape index (κ3) is 2.12. The predicted molar refractivity (Wildman–Crippen MR) is 49.8 cm³/mol. The molecule has 0 amide bonds. The van der Waals surface area contributed by atoms with Crippen molar-refractivity contribution in [1.82, 2.24) is 0 Å². The summed E-state index contributed by atoms with van der Waals surface area (Å²) in [5.74, 6) is -0.406. The molecule has 0 aliphatic heterocycles. The van der Waals surface area contributed by atoms with Gasteiger partial charge < -0.3 is 14.3 Å². The smallest absolute Gasteiger partial charge is 0.311 e. The van der Waals surface area contributed by atoms with Gasteiger partial charge in [-0.15, -0.1) is 0 Å². The zero-order valence-electron chi connectivity index (χ0n) is 8.62. The maximum absolute atomic E-state index is 11.2. The first-order valence-corrected chi connectivity index (χ1v) is 4.85. The van der Waals surface area contributed by atoms with Crippen LogP contribution < -0.4 is 0 Å². The van der Waals surface area contributed by atoms with Crippen LogP contribution in [0.5, 0.6) is 0 Å². The first-order valence-electron chi connectivity index (χ1n) is 4.85. The Bertz CT molecular complexity index is 226. The summed E-state index contributed by atoms with van der Waals surface area (Å²) in [4.78, 5) is 21.5. The minimum Gasteiger partial charge on any atom is -0.469 e. The molecule has 0 bridgehead atoms. The van der Waals surface area contributed by atoms with Gasteiger partial charge in [0.25, 0.3) is 0 Å². The van der Waals surface area contributed by atoms with E-state index < -0.39 is 5.60 Å². The summed E-state index contributed by atoms with van der Waals surface area (Å²) in [7, 11) is 1.37. The molecule has 4 nitrogen and oxygen atoms in total. The minimum absolute atomic E-state index is 0.174. The maximum atomic E-state index is 11.2. The number of esters is 1. The molecule has 2 unspecified atom stereocenters. The van der Waals surface area contributed by atoms with Gasteiger partial charge in [0.2, 0.25) is 0 Å². The summed E-state index contributed by atoms with van der Waals surface area (Å²) >= 11 is 0. The first-order chi connectivity index (χ1) is 6.70. The molecule has 1 rings (SSSR count). The molecule has 1 saturated carbocycles. The minimum atomic E-state index is -0.414. The lowest BCUT2D eigenvalue weighted by atomic mass is 10.1. The topological polar surface area (TPSA) is 52.6 Å². The van der Waals surface area contributed by atoms with Crippen molar-refractivity contribution in [3.05, 3.63) is 0 Å². The number of carbonyl (C=O) groups excluding carboxylic acids is 2. The average Bonchev–Trinajstić information content (AvgIpc) is 2.90. The first kappa shape index (κ1) is 11.2. The van der Waals surface area contributed by atoms with Gasteiger partial charge in [-0.25, -0.2) is 0 Å². The average molecular weight is 200 g/mol. The molecule has 0 aromatic heterocycles. The lowest BCUT2D eigenvalue weighted by molar-refractivity contribution is -0.145. The Morgan fingerprint density at radius 1 is 1.64 bits per heavy atom. The molecule has 0 saturated heterocycles. The van der Waals surface area contributed by atoms with Crippen LogP contribution in [-0.4, -0.2) is 31.6 Å². The van der Waals surface area contributed by atoms with E-state index in [1.807, 2.05) is 6.92 Å². The summed E-state index contributed by atoms with van der Waals surface area (Å²) in [6.07, 6.45) is 2.59. The number of rotatable bonds is 6. The van der Waals surface area contributed by atoms with Gasteiger partial charge in [-0.3, -0.25) is 4.79 Å². The SMILES string of the molecule is CCOC1(CCC=O)CC1C(=O)OC. The summed E-state index contributed by atoms with van der Waals surface area (Å²) in [6.45, 7) is 2.45. The lowest BCUT2D eigenvalue weighted by Crippen LogP contribution is -2.22. The molecular formula is C10H16O4. The third-order valence-corrected chi connectivity index (χ3v) is 2.63. The highest BCUT2D eigenvalue weighted by Gasteiger charge is 2.59. The molecule has 0 aromatic carbocycles. The second-order valence-electron chi connectivity index (χ2n) is 3.48. The molecule has 0 aromatic rings. The summed E-state index contributed by atoms with van der Waals surface area (Å²) in [5, 5.41) is 0. The highest BCUT2D eigenvalue weighted by Crippen LogP contribution is 2.50. The van der Waals surface area contributed by atoms with Crippen LogP contribution in [0.2, 0.25) is 0 Å². The van der Waals surface area contributed by atoms with Gasteiger partial charge in [-0.05, 0) is 19.8 Å². The van der Waals surface area contributed by atoms with E-state index in [4.69, 9.17) is 4.74 Å². The van der Waals surface area contributed by atoms with Crippen LogP contribution in [0.1, 0.15) is 26.2 Å². The molecule has 2 atom stereocenters. The monoisotopic (exact) mass is 200 g/mol. The van der Waals surface area contributed by atoms with E-state index in [2.05, 4.69) is 4.74 Å². The maximum Gasteiger partial charge on any atom is 0.311 e. The molecule has 1 aliphatic rings. The van der Waals surface area contributed by atoms with E-state index in [1.54, 1.807) is 0 Å². The molecule has 14 heavy (non-hydrogen) atoms. The number of carbonyl (C=O) groups is 2. The van der Waals surface area contributed by atoms with Crippen molar-refractivity contribution < 1.29 is 19.1 Å². The fourth-order valence-corrected chi connectivity index (χ4v) is 1.83. The molecule has 1 fully saturated rings. The summed E-state index contributed by atoms with van der Waals surface area (Å²) in [6, 6.07) is 0. The van der Waals surface area contributed by atoms with Crippen LogP contribution >= 0.6 is 0 Å². The van der Waals surface area contributed by atoms with Gasteiger partial charge in [-0.1, -0.05) is 0 Å². The number of hydrogen-bond donors (Lipinski definition) is 0. The molecule has 0 spiro atoms. The molecular weight excluding hydrogens is 184 g/mol. The van der Waals surface area contributed by atoms with Crippen molar-refractivity contribution >= 4 is 12.3 Å². The lowest BCUT2D eigenvalue weighted by Gasteiger charge is -2.15. The van der Waals surface area contributed by atoms with Crippen LogP contribution in [0.25, 0.3) is 0 Å². The number of hydrogen-bond acceptors (Lipinski definition) is 4. The standard InChI is InChI=1S/C10H16O4/c1-3-14-10(5-4-6-11)7-8(10)9(12)13-2/h6,8H,3-5,7H2,1-2H3. The highest BCUT2D eigenvalue weighted by molar-refractivity contribution is 5.77. The second kappa shape index (κ2) is 4.55. The third-order valence-electron chi connectivity index (χ3n) is 2.63. The summed E-state index contributed by atoms with van der Waals surface area (Å²) < 4.78 is 10.2. The number of ether oxygens (including phenoxy) is 2. The molecule has 0 heterocycles. The van der Waals surface area contributed by atoms with Crippen molar-refractivity contribution in [2.45, 2.75) is 31.8 Å². The van der Waals surface area contributed by atoms with Crippen molar-refractivity contribution in [2.75, 3.05) is 13.7 Å². The quantitative estimate of drug-likeness (QED) is 0.473. The van der Waals surface area contributed by atoms with Crippen LogP contribution in [-0.2, 0) is 19.1 Å². The van der Waals surface area contributed by atoms with Crippen LogP contribution in [0.15, 0.2) is 0 Å². The van der Waals surface area contributed by atoms with E-state index in [0.29, 0.717) is 25.9 Å². The van der Waals surface area contributed by atoms with E-state index in [1.165, 1.54) is 7.11 Å². The Labute approximate surface area is 83.6 Å².